The lowest BCUT2D eigenvalue weighted by atomic mass is 9.89. The van der Waals surface area contributed by atoms with Gasteiger partial charge in [0.15, 0.2) is 0 Å². The molecule has 4 nitrogen and oxygen atoms in total. The van der Waals surface area contributed by atoms with Gasteiger partial charge in [0, 0.05) is 25.6 Å². The van der Waals surface area contributed by atoms with Crippen molar-refractivity contribution < 1.29 is 22.8 Å². The highest BCUT2D eigenvalue weighted by Gasteiger charge is 2.32. The molecule has 27 heavy (non-hydrogen) atoms. The molecule has 2 rings (SSSR count). The Bertz CT molecular complexity index is 644. The molecule has 0 radical (unpaired) electrons. The van der Waals surface area contributed by atoms with Crippen molar-refractivity contribution in [2.45, 2.75) is 58.2 Å². The van der Waals surface area contributed by atoms with Crippen LogP contribution in [-0.2, 0) is 22.2 Å². The highest BCUT2D eigenvalue weighted by atomic mass is 19.4. The number of halogens is 3. The molecule has 1 heterocycles. The first-order valence-corrected chi connectivity index (χ1v) is 9.47. The van der Waals surface area contributed by atoms with Crippen LogP contribution in [0.4, 0.5) is 13.2 Å². The second kappa shape index (κ2) is 9.24. The van der Waals surface area contributed by atoms with E-state index in [0.29, 0.717) is 31.5 Å². The number of hydrogen-bond acceptors (Lipinski definition) is 2. The largest absolute Gasteiger partial charge is 0.416 e. The number of benzene rings is 1. The molecule has 1 aromatic rings. The van der Waals surface area contributed by atoms with E-state index >= 15 is 0 Å². The van der Waals surface area contributed by atoms with E-state index in [1.807, 2.05) is 18.7 Å². The van der Waals surface area contributed by atoms with E-state index in [2.05, 4.69) is 5.32 Å². The molecule has 1 aliphatic heterocycles. The van der Waals surface area contributed by atoms with Crippen molar-refractivity contribution >= 4 is 11.8 Å². The first kappa shape index (κ1) is 21.3. The highest BCUT2D eigenvalue weighted by molar-refractivity contribution is 5.79. The maximum atomic E-state index is 12.6. The number of carbonyl (C=O) groups excluding carboxylic acids is 2. The van der Waals surface area contributed by atoms with Crippen LogP contribution < -0.4 is 5.32 Å². The van der Waals surface area contributed by atoms with Gasteiger partial charge in [0.2, 0.25) is 11.8 Å². The third kappa shape index (κ3) is 5.97. The normalized spacial score (nSPS) is 20.4. The van der Waals surface area contributed by atoms with E-state index in [1.54, 1.807) is 0 Å². The lowest BCUT2D eigenvalue weighted by Crippen LogP contribution is -2.52. The number of amides is 2. The fraction of sp³-hybridized carbons (Fsp3) is 0.600. The summed E-state index contributed by atoms with van der Waals surface area (Å²) in [6.07, 6.45) is -1.42. The van der Waals surface area contributed by atoms with Crippen molar-refractivity contribution in [1.82, 2.24) is 10.2 Å². The van der Waals surface area contributed by atoms with Crippen molar-refractivity contribution in [3.8, 4) is 0 Å². The van der Waals surface area contributed by atoms with Gasteiger partial charge in [-0.15, -0.1) is 0 Å². The van der Waals surface area contributed by atoms with Gasteiger partial charge in [0.05, 0.1) is 12.0 Å². The van der Waals surface area contributed by atoms with Gasteiger partial charge in [0.1, 0.15) is 0 Å². The quantitative estimate of drug-likeness (QED) is 0.811. The highest BCUT2D eigenvalue weighted by Crippen LogP contribution is 2.29. The van der Waals surface area contributed by atoms with Crippen molar-refractivity contribution in [3.05, 3.63) is 35.4 Å². The molecule has 2 amide bonds. The van der Waals surface area contributed by atoms with Crippen molar-refractivity contribution in [2.24, 2.45) is 5.92 Å². The van der Waals surface area contributed by atoms with Gasteiger partial charge in [-0.3, -0.25) is 9.59 Å². The lowest BCUT2D eigenvalue weighted by molar-refractivity contribution is -0.137. The summed E-state index contributed by atoms with van der Waals surface area (Å²) in [5, 5.41) is 3.01. The maximum absolute atomic E-state index is 12.6. The predicted molar refractivity (Wildman–Crippen MR) is 97.0 cm³/mol. The Morgan fingerprint density at radius 2 is 1.85 bits per heavy atom. The summed E-state index contributed by atoms with van der Waals surface area (Å²) in [4.78, 5) is 26.3. The molecular weight excluding hydrogens is 357 g/mol. The number of rotatable bonds is 6. The number of carbonyl (C=O) groups is 2. The van der Waals surface area contributed by atoms with Crippen LogP contribution in [0.2, 0.25) is 0 Å². The van der Waals surface area contributed by atoms with Gasteiger partial charge in [0.25, 0.3) is 0 Å². The summed E-state index contributed by atoms with van der Waals surface area (Å²) in [6.45, 7) is 5.28. The van der Waals surface area contributed by atoms with Crippen LogP contribution in [0.1, 0.15) is 50.7 Å². The van der Waals surface area contributed by atoms with Crippen molar-refractivity contribution in [2.75, 3.05) is 13.1 Å². The van der Waals surface area contributed by atoms with Crippen molar-refractivity contribution in [1.29, 1.82) is 0 Å². The van der Waals surface area contributed by atoms with Crippen LogP contribution >= 0.6 is 0 Å². The molecule has 0 unspecified atom stereocenters. The molecule has 1 aliphatic rings. The molecular formula is C20H27F3N2O2. The zero-order chi connectivity index (χ0) is 20.0. The summed E-state index contributed by atoms with van der Waals surface area (Å²) in [5.41, 5.74) is -0.175. The van der Waals surface area contributed by atoms with Crippen LogP contribution in [0.15, 0.2) is 24.3 Å². The Hall–Kier alpha value is -2.05. The fourth-order valence-corrected chi connectivity index (χ4v) is 3.49. The average molecular weight is 384 g/mol. The molecule has 1 fully saturated rings. The third-order valence-corrected chi connectivity index (χ3v) is 5.07. The zero-order valence-corrected chi connectivity index (χ0v) is 15.8. The Kier molecular flexibility index (Phi) is 7.27. The molecule has 2 atom stereocenters. The van der Waals surface area contributed by atoms with Gasteiger partial charge in [-0.05, 0) is 42.9 Å². The molecule has 7 heteroatoms. The van der Waals surface area contributed by atoms with E-state index in [-0.39, 0.29) is 30.2 Å². The zero-order valence-electron chi connectivity index (χ0n) is 15.8. The molecule has 150 valence electrons. The number of hydrogen-bond donors (Lipinski definition) is 1. The van der Waals surface area contributed by atoms with E-state index in [0.717, 1.165) is 25.0 Å². The van der Waals surface area contributed by atoms with Crippen LogP contribution in [-0.4, -0.2) is 35.8 Å². The summed E-state index contributed by atoms with van der Waals surface area (Å²) in [5.74, 6) is 0.146. The molecule has 0 bridgehead atoms. The Morgan fingerprint density at radius 1 is 1.19 bits per heavy atom. The molecule has 1 aromatic carbocycles. The number of nitrogens with zero attached hydrogens (tertiary/aromatic N) is 1. The lowest BCUT2D eigenvalue weighted by Gasteiger charge is -2.38. The van der Waals surface area contributed by atoms with E-state index in [1.165, 1.54) is 12.1 Å². The molecule has 0 spiro atoms. The summed E-state index contributed by atoms with van der Waals surface area (Å²) >= 11 is 0. The van der Waals surface area contributed by atoms with Gasteiger partial charge >= 0.3 is 6.18 Å². The second-order valence-corrected chi connectivity index (χ2v) is 7.09. The van der Waals surface area contributed by atoms with Gasteiger partial charge < -0.3 is 10.2 Å². The van der Waals surface area contributed by atoms with Crippen LogP contribution in [0.3, 0.4) is 0 Å². The summed E-state index contributed by atoms with van der Waals surface area (Å²) in [6, 6.07) is 4.66. The minimum absolute atomic E-state index is 0.0115. The Balaban J connectivity index is 1.90. The fourth-order valence-electron chi connectivity index (χ4n) is 3.49. The van der Waals surface area contributed by atoms with Crippen LogP contribution in [0, 0.1) is 5.92 Å². The van der Waals surface area contributed by atoms with E-state index in [9.17, 15) is 22.8 Å². The standard InChI is InChI=1S/C20H27F3N2O2/c1-3-5-19(27)25-11-10-17(15(4-2)13-25)24-18(26)12-14-6-8-16(9-7-14)20(21,22)23/h6-9,15,17H,3-5,10-13H2,1-2H3,(H,24,26)/t15-,17+/m1/s1. The monoisotopic (exact) mass is 384 g/mol. The first-order chi connectivity index (χ1) is 12.7. The topological polar surface area (TPSA) is 49.4 Å². The minimum Gasteiger partial charge on any atom is -0.353 e. The van der Waals surface area contributed by atoms with Crippen LogP contribution in [0.25, 0.3) is 0 Å². The molecule has 0 aromatic heterocycles. The second-order valence-electron chi connectivity index (χ2n) is 7.09. The number of likely N-dealkylation sites (tertiary alicyclic amines) is 1. The average Bonchev–Trinajstić information content (AvgIpc) is 2.61. The number of alkyl halides is 3. The third-order valence-electron chi connectivity index (χ3n) is 5.07. The predicted octanol–water partition coefficient (Wildman–Crippen LogP) is 3.79. The van der Waals surface area contributed by atoms with E-state index in [4.69, 9.17) is 0 Å². The Morgan fingerprint density at radius 3 is 2.41 bits per heavy atom. The van der Waals surface area contributed by atoms with Crippen molar-refractivity contribution in [3.63, 3.8) is 0 Å². The molecule has 1 saturated heterocycles. The first-order valence-electron chi connectivity index (χ1n) is 9.47. The smallest absolute Gasteiger partial charge is 0.353 e. The summed E-state index contributed by atoms with van der Waals surface area (Å²) < 4.78 is 37.8. The number of piperidine rings is 1. The van der Waals surface area contributed by atoms with Gasteiger partial charge in [-0.2, -0.15) is 13.2 Å². The molecule has 0 saturated carbocycles. The molecule has 0 aliphatic carbocycles. The molecule has 1 N–H and O–H groups in total. The van der Waals surface area contributed by atoms with E-state index < -0.39 is 11.7 Å². The maximum Gasteiger partial charge on any atom is 0.416 e. The SMILES string of the molecule is CCCC(=O)N1CC[C@H](NC(=O)Cc2ccc(C(F)(F)F)cc2)[C@H](CC)C1. The minimum atomic E-state index is -4.38. The van der Waals surface area contributed by atoms with Crippen LogP contribution in [0.5, 0.6) is 0 Å². The number of nitrogens with one attached hydrogen (secondary N) is 1. The van der Waals surface area contributed by atoms with Gasteiger partial charge in [-0.25, -0.2) is 0 Å². The Labute approximate surface area is 158 Å². The summed E-state index contributed by atoms with van der Waals surface area (Å²) in [7, 11) is 0. The van der Waals surface area contributed by atoms with Gasteiger partial charge in [-0.1, -0.05) is 26.0 Å².